The molecular weight excluding hydrogens is 446 g/mol. The minimum Gasteiger partial charge on any atom is -0.352 e. The molecule has 0 spiro atoms. The van der Waals surface area contributed by atoms with E-state index in [0.717, 1.165) is 42.5 Å². The number of carbonyl (C=O) groups is 2. The summed E-state index contributed by atoms with van der Waals surface area (Å²) in [4.78, 5) is 24.0. The summed E-state index contributed by atoms with van der Waals surface area (Å²) >= 11 is 9.59. The third kappa shape index (κ3) is 4.09. The highest BCUT2D eigenvalue weighted by atomic mass is 79.9. The van der Waals surface area contributed by atoms with Crippen LogP contribution in [0.15, 0.2) is 28.7 Å². The molecule has 0 bridgehead atoms. The van der Waals surface area contributed by atoms with Crippen LogP contribution in [0.4, 0.5) is 5.69 Å². The average molecular weight is 467 g/mol. The molecule has 9 heteroatoms. The van der Waals surface area contributed by atoms with Crippen molar-refractivity contribution in [3.05, 3.63) is 45.1 Å². The molecule has 0 unspecified atom stereocenters. The van der Waals surface area contributed by atoms with Gasteiger partial charge in [-0.2, -0.15) is 5.10 Å². The molecule has 2 aromatic rings. The van der Waals surface area contributed by atoms with E-state index in [2.05, 4.69) is 37.0 Å². The Balaban J connectivity index is 1.45. The van der Waals surface area contributed by atoms with Gasteiger partial charge in [0.1, 0.15) is 0 Å². The van der Waals surface area contributed by atoms with Crippen LogP contribution in [0.3, 0.4) is 0 Å². The smallest absolute Gasteiger partial charge is 0.276 e. The first-order valence-corrected chi connectivity index (χ1v) is 10.5. The lowest BCUT2D eigenvalue weighted by Gasteiger charge is -2.25. The highest BCUT2D eigenvalue weighted by molar-refractivity contribution is 9.10. The molecule has 1 aromatic heterocycles. The van der Waals surface area contributed by atoms with E-state index in [1.165, 1.54) is 0 Å². The molecule has 2 atom stereocenters. The first-order valence-electron chi connectivity index (χ1n) is 9.37. The minimum atomic E-state index is -0.288. The van der Waals surface area contributed by atoms with Crippen LogP contribution in [0.25, 0.3) is 0 Å². The quantitative estimate of drug-likeness (QED) is 0.631. The second-order valence-corrected chi connectivity index (χ2v) is 8.37. The van der Waals surface area contributed by atoms with Crippen LogP contribution in [0.5, 0.6) is 0 Å². The summed E-state index contributed by atoms with van der Waals surface area (Å²) in [6.45, 7) is 1.51. The Bertz CT molecular complexity index is 916. The van der Waals surface area contributed by atoms with Crippen LogP contribution < -0.4 is 16.0 Å². The molecule has 2 aliphatic rings. The predicted molar refractivity (Wildman–Crippen MR) is 110 cm³/mol. The highest BCUT2D eigenvalue weighted by Crippen LogP contribution is 2.31. The van der Waals surface area contributed by atoms with E-state index in [1.807, 2.05) is 22.9 Å². The molecule has 2 amide bonds. The molecule has 4 rings (SSSR count). The Hall–Kier alpha value is -1.90. The first kappa shape index (κ1) is 19.4. The number of carbonyl (C=O) groups excluding carboxylic acids is 2. The third-order valence-electron chi connectivity index (χ3n) is 5.16. The Morgan fingerprint density at radius 3 is 3.04 bits per heavy atom. The molecule has 1 fully saturated rings. The zero-order valence-corrected chi connectivity index (χ0v) is 17.5. The molecule has 28 heavy (non-hydrogen) atoms. The topological polar surface area (TPSA) is 88.0 Å². The monoisotopic (exact) mass is 465 g/mol. The number of nitrogens with one attached hydrogen (secondary N) is 3. The van der Waals surface area contributed by atoms with Crippen molar-refractivity contribution in [1.82, 2.24) is 20.4 Å². The average Bonchev–Trinajstić information content (AvgIpc) is 3.30. The number of benzene rings is 1. The maximum absolute atomic E-state index is 12.7. The predicted octanol–water partition coefficient (Wildman–Crippen LogP) is 3.25. The Labute approximate surface area is 176 Å². The minimum absolute atomic E-state index is 0.116. The number of aromatic nitrogens is 2. The summed E-state index contributed by atoms with van der Waals surface area (Å²) in [7, 11) is 0. The van der Waals surface area contributed by atoms with Gasteiger partial charge < -0.3 is 16.0 Å². The number of rotatable bonds is 5. The zero-order chi connectivity index (χ0) is 19.7. The van der Waals surface area contributed by atoms with Gasteiger partial charge in [0, 0.05) is 36.1 Å². The summed E-state index contributed by atoms with van der Waals surface area (Å²) in [5.41, 5.74) is 1.91. The lowest BCUT2D eigenvalue weighted by atomic mass is 10.0. The van der Waals surface area contributed by atoms with Crippen molar-refractivity contribution in [2.45, 2.75) is 44.3 Å². The summed E-state index contributed by atoms with van der Waals surface area (Å²) in [6, 6.07) is 7.51. The van der Waals surface area contributed by atoms with E-state index < -0.39 is 0 Å². The van der Waals surface area contributed by atoms with Crippen LogP contribution in [-0.2, 0) is 11.3 Å². The van der Waals surface area contributed by atoms with Crippen LogP contribution in [0.1, 0.15) is 47.9 Å². The lowest BCUT2D eigenvalue weighted by Crippen LogP contribution is -2.38. The molecule has 2 aliphatic heterocycles. The molecule has 1 saturated heterocycles. The maximum atomic E-state index is 12.7. The Kier molecular flexibility index (Phi) is 5.70. The Morgan fingerprint density at radius 2 is 2.25 bits per heavy atom. The summed E-state index contributed by atoms with van der Waals surface area (Å²) in [5, 5.41) is 14.3. The first-order chi connectivity index (χ1) is 13.5. The van der Waals surface area contributed by atoms with Gasteiger partial charge in [0.2, 0.25) is 5.91 Å². The van der Waals surface area contributed by atoms with Gasteiger partial charge in [0.05, 0.1) is 16.4 Å². The van der Waals surface area contributed by atoms with E-state index in [1.54, 1.807) is 6.07 Å². The normalized spacial score (nSPS) is 21.3. The van der Waals surface area contributed by atoms with E-state index >= 15 is 0 Å². The number of aryl methyl sites for hydroxylation is 1. The number of hydrogen-bond donors (Lipinski definition) is 3. The molecule has 3 N–H and O–H groups in total. The fourth-order valence-electron chi connectivity index (χ4n) is 3.70. The number of fused-ring (bicyclic) bond motifs is 1. The third-order valence-corrected chi connectivity index (χ3v) is 6.46. The Morgan fingerprint density at radius 1 is 1.39 bits per heavy atom. The fourth-order valence-corrected chi connectivity index (χ4v) is 4.24. The van der Waals surface area contributed by atoms with Gasteiger partial charge in [0.15, 0.2) is 5.69 Å². The van der Waals surface area contributed by atoms with Crippen LogP contribution in [0.2, 0.25) is 5.02 Å². The number of amides is 2. The van der Waals surface area contributed by atoms with E-state index in [9.17, 15) is 9.59 Å². The molecule has 0 saturated carbocycles. The SMILES string of the molecule is O=C1CC[C@@H](CN[C@H]2CCCn3nc(C(=O)Nc4cccc(Br)c4Cl)cc32)N1. The van der Waals surface area contributed by atoms with E-state index in [-0.39, 0.29) is 23.9 Å². The van der Waals surface area contributed by atoms with Crippen molar-refractivity contribution in [2.24, 2.45) is 0 Å². The molecule has 148 valence electrons. The van der Waals surface area contributed by atoms with Crippen LogP contribution in [0, 0.1) is 0 Å². The van der Waals surface area contributed by atoms with Crippen LogP contribution >= 0.6 is 27.5 Å². The summed E-state index contributed by atoms with van der Waals surface area (Å²) in [6.07, 6.45) is 3.42. The summed E-state index contributed by atoms with van der Waals surface area (Å²) in [5.74, 6) is -0.172. The van der Waals surface area contributed by atoms with Crippen molar-refractivity contribution in [1.29, 1.82) is 0 Å². The number of nitrogens with zero attached hydrogens (tertiary/aromatic N) is 2. The summed E-state index contributed by atoms with van der Waals surface area (Å²) < 4.78 is 2.62. The zero-order valence-electron chi connectivity index (χ0n) is 15.2. The van der Waals surface area contributed by atoms with Gasteiger partial charge in [-0.05, 0) is 53.4 Å². The van der Waals surface area contributed by atoms with E-state index in [0.29, 0.717) is 22.8 Å². The standard InChI is InChI=1S/C19H21BrClN5O2/c20-12-3-1-4-14(18(12)21)24-19(28)15-9-16-13(5-2-8-26(16)25-15)22-10-11-6-7-17(27)23-11/h1,3-4,9,11,13,22H,2,5-8,10H2,(H,23,27)(H,24,28)/t11-,13-/m0/s1. The molecular formula is C19H21BrClN5O2. The fraction of sp³-hybridized carbons (Fsp3) is 0.421. The van der Waals surface area contributed by atoms with E-state index in [4.69, 9.17) is 11.6 Å². The molecule has 0 radical (unpaired) electrons. The van der Waals surface area contributed by atoms with Crippen molar-refractivity contribution in [3.8, 4) is 0 Å². The van der Waals surface area contributed by atoms with Gasteiger partial charge in [-0.3, -0.25) is 14.3 Å². The molecule has 0 aliphatic carbocycles. The van der Waals surface area contributed by atoms with Gasteiger partial charge in [-0.1, -0.05) is 17.7 Å². The van der Waals surface area contributed by atoms with Crippen LogP contribution in [-0.4, -0.2) is 34.2 Å². The number of hydrogen-bond acceptors (Lipinski definition) is 4. The molecule has 7 nitrogen and oxygen atoms in total. The van der Waals surface area contributed by atoms with Crippen molar-refractivity contribution in [2.75, 3.05) is 11.9 Å². The largest absolute Gasteiger partial charge is 0.352 e. The molecule has 3 heterocycles. The van der Waals surface area contributed by atoms with Crippen molar-refractivity contribution < 1.29 is 9.59 Å². The second-order valence-electron chi connectivity index (χ2n) is 7.14. The van der Waals surface area contributed by atoms with Gasteiger partial charge in [-0.25, -0.2) is 0 Å². The van der Waals surface area contributed by atoms with Gasteiger partial charge in [-0.15, -0.1) is 0 Å². The van der Waals surface area contributed by atoms with Gasteiger partial charge >= 0.3 is 0 Å². The maximum Gasteiger partial charge on any atom is 0.276 e. The highest BCUT2D eigenvalue weighted by Gasteiger charge is 2.27. The number of halogens is 2. The van der Waals surface area contributed by atoms with Crippen molar-refractivity contribution in [3.63, 3.8) is 0 Å². The van der Waals surface area contributed by atoms with Crippen molar-refractivity contribution >= 4 is 45.0 Å². The second kappa shape index (κ2) is 8.23. The lowest BCUT2D eigenvalue weighted by molar-refractivity contribution is -0.119. The molecule has 1 aromatic carbocycles. The van der Waals surface area contributed by atoms with Gasteiger partial charge in [0.25, 0.3) is 5.91 Å². The number of anilines is 1.